The van der Waals surface area contributed by atoms with Gasteiger partial charge in [-0.05, 0) is 37.6 Å². The Kier molecular flexibility index (Phi) is 6.18. The highest BCUT2D eigenvalue weighted by molar-refractivity contribution is 5.93. The SMILES string of the molecule is C=C(C)C(=O)OC(=O)OOOC(C)(C)CC(C)(C)C. The molecule has 0 bridgehead atoms. The van der Waals surface area contributed by atoms with E-state index in [0.717, 1.165) is 0 Å². The summed E-state index contributed by atoms with van der Waals surface area (Å²) in [5, 5.41) is 4.33. The van der Waals surface area contributed by atoms with Crippen LogP contribution in [0.1, 0.15) is 48.0 Å². The molecule has 0 saturated heterocycles. The average Bonchev–Trinajstić information content (AvgIpc) is 2.12. The van der Waals surface area contributed by atoms with Crippen molar-refractivity contribution in [2.24, 2.45) is 5.41 Å². The highest BCUT2D eigenvalue weighted by Gasteiger charge is 2.28. The van der Waals surface area contributed by atoms with Crippen LogP contribution in [0.15, 0.2) is 12.2 Å². The van der Waals surface area contributed by atoms with Gasteiger partial charge in [-0.1, -0.05) is 27.4 Å². The van der Waals surface area contributed by atoms with Crippen molar-refractivity contribution in [1.29, 1.82) is 0 Å². The molecule has 19 heavy (non-hydrogen) atoms. The summed E-state index contributed by atoms with van der Waals surface area (Å²) in [4.78, 5) is 31.1. The van der Waals surface area contributed by atoms with Crippen LogP contribution in [0.25, 0.3) is 0 Å². The predicted octanol–water partition coefficient (Wildman–Crippen LogP) is 3.32. The van der Waals surface area contributed by atoms with Gasteiger partial charge in [0.05, 0.1) is 0 Å². The molecule has 0 aliphatic rings. The second-order valence-electron chi connectivity index (χ2n) is 6.15. The molecule has 0 spiro atoms. The van der Waals surface area contributed by atoms with Gasteiger partial charge in [-0.25, -0.2) is 14.5 Å². The molecule has 0 rings (SSSR count). The maximum Gasteiger partial charge on any atom is 0.550 e. The van der Waals surface area contributed by atoms with Gasteiger partial charge < -0.3 is 4.74 Å². The Labute approximate surface area is 113 Å². The summed E-state index contributed by atoms with van der Waals surface area (Å²) in [6.07, 6.45) is -0.636. The quantitative estimate of drug-likeness (QED) is 0.252. The lowest BCUT2D eigenvalue weighted by molar-refractivity contribution is -0.517. The zero-order valence-electron chi connectivity index (χ0n) is 12.4. The van der Waals surface area contributed by atoms with Crippen LogP contribution in [-0.2, 0) is 24.3 Å². The fourth-order valence-corrected chi connectivity index (χ4v) is 1.62. The molecule has 0 radical (unpaired) electrons. The Morgan fingerprint density at radius 1 is 1.11 bits per heavy atom. The predicted molar refractivity (Wildman–Crippen MR) is 67.7 cm³/mol. The van der Waals surface area contributed by atoms with Crippen LogP contribution in [0.5, 0.6) is 0 Å². The molecule has 0 atom stereocenters. The first kappa shape index (κ1) is 17.6. The molecule has 6 nitrogen and oxygen atoms in total. The molecule has 0 heterocycles. The van der Waals surface area contributed by atoms with Gasteiger partial charge in [0.25, 0.3) is 0 Å². The van der Waals surface area contributed by atoms with Crippen LogP contribution in [-0.4, -0.2) is 17.7 Å². The molecule has 0 unspecified atom stereocenters. The highest BCUT2D eigenvalue weighted by Crippen LogP contribution is 2.29. The van der Waals surface area contributed by atoms with E-state index in [-0.39, 0.29) is 11.0 Å². The topological polar surface area (TPSA) is 71.1 Å². The van der Waals surface area contributed by atoms with E-state index >= 15 is 0 Å². The van der Waals surface area contributed by atoms with Gasteiger partial charge in [-0.15, -0.1) is 0 Å². The van der Waals surface area contributed by atoms with Crippen LogP contribution >= 0.6 is 0 Å². The molecule has 6 heteroatoms. The van der Waals surface area contributed by atoms with Gasteiger partial charge in [-0.2, -0.15) is 4.89 Å². The third-order valence-electron chi connectivity index (χ3n) is 1.84. The highest BCUT2D eigenvalue weighted by atomic mass is 17.5. The Balaban J connectivity index is 4.06. The van der Waals surface area contributed by atoms with Gasteiger partial charge >= 0.3 is 12.1 Å². The van der Waals surface area contributed by atoms with Crippen molar-refractivity contribution in [3.8, 4) is 0 Å². The van der Waals surface area contributed by atoms with Gasteiger partial charge in [-0.3, -0.25) is 0 Å². The fourth-order valence-electron chi connectivity index (χ4n) is 1.62. The molecule has 0 N–H and O–H groups in total. The monoisotopic (exact) mass is 274 g/mol. The van der Waals surface area contributed by atoms with Gasteiger partial charge in [0.15, 0.2) is 0 Å². The molecular weight excluding hydrogens is 252 g/mol. The van der Waals surface area contributed by atoms with Crippen LogP contribution in [0, 0.1) is 5.41 Å². The first-order valence-corrected chi connectivity index (χ1v) is 5.87. The molecule has 110 valence electrons. The molecule has 0 saturated carbocycles. The second kappa shape index (κ2) is 6.68. The molecule has 0 aliphatic carbocycles. The molecule has 0 fully saturated rings. The third kappa shape index (κ3) is 9.21. The lowest BCUT2D eigenvalue weighted by Crippen LogP contribution is -2.31. The Hall–Kier alpha value is -1.40. The van der Waals surface area contributed by atoms with Crippen LogP contribution < -0.4 is 0 Å². The molecule has 0 aromatic carbocycles. The van der Waals surface area contributed by atoms with Crippen LogP contribution in [0.4, 0.5) is 4.79 Å². The number of esters is 1. The van der Waals surface area contributed by atoms with Crippen molar-refractivity contribution in [3.05, 3.63) is 12.2 Å². The summed E-state index contributed by atoms with van der Waals surface area (Å²) in [5.41, 5.74) is -0.564. The standard InChI is InChI=1S/C13H22O6/c1-9(2)10(14)16-11(15)17-19-18-13(6,7)8-12(3,4)5/h1,8H2,2-7H3. The van der Waals surface area contributed by atoms with E-state index in [1.165, 1.54) is 6.92 Å². The van der Waals surface area contributed by atoms with E-state index in [9.17, 15) is 9.59 Å². The second-order valence-corrected chi connectivity index (χ2v) is 6.15. The average molecular weight is 274 g/mol. The van der Waals surface area contributed by atoms with Crippen molar-refractivity contribution < 1.29 is 29.1 Å². The van der Waals surface area contributed by atoms with E-state index in [4.69, 9.17) is 4.89 Å². The summed E-state index contributed by atoms with van der Waals surface area (Å²) in [6.45, 7) is 14.4. The minimum absolute atomic E-state index is 0.0171. The largest absolute Gasteiger partial charge is 0.550 e. The molecule has 0 amide bonds. The zero-order valence-corrected chi connectivity index (χ0v) is 12.4. The smallest absolute Gasteiger partial charge is 0.355 e. The number of hydrogen-bond donors (Lipinski definition) is 0. The van der Waals surface area contributed by atoms with Gasteiger partial charge in [0, 0.05) is 5.57 Å². The minimum Gasteiger partial charge on any atom is -0.355 e. The first-order valence-electron chi connectivity index (χ1n) is 5.87. The number of carbonyl (C=O) groups is 2. The lowest BCUT2D eigenvalue weighted by atomic mass is 9.84. The van der Waals surface area contributed by atoms with Crippen molar-refractivity contribution in [2.75, 3.05) is 0 Å². The van der Waals surface area contributed by atoms with Crippen molar-refractivity contribution in [1.82, 2.24) is 0 Å². The number of carbonyl (C=O) groups excluding carboxylic acids is 2. The minimum atomic E-state index is -1.31. The van der Waals surface area contributed by atoms with E-state index in [1.807, 2.05) is 20.8 Å². The van der Waals surface area contributed by atoms with Crippen LogP contribution in [0.3, 0.4) is 0 Å². The lowest BCUT2D eigenvalue weighted by Gasteiger charge is -2.29. The molecule has 0 aromatic heterocycles. The van der Waals surface area contributed by atoms with E-state index in [0.29, 0.717) is 6.42 Å². The Morgan fingerprint density at radius 2 is 1.63 bits per heavy atom. The van der Waals surface area contributed by atoms with Crippen molar-refractivity contribution in [3.63, 3.8) is 0 Å². The summed E-state index contributed by atoms with van der Waals surface area (Å²) in [7, 11) is 0. The van der Waals surface area contributed by atoms with Crippen LogP contribution in [0.2, 0.25) is 0 Å². The number of hydrogen-bond acceptors (Lipinski definition) is 6. The van der Waals surface area contributed by atoms with Gasteiger partial charge in [0.1, 0.15) is 5.60 Å². The van der Waals surface area contributed by atoms with E-state index < -0.39 is 17.7 Å². The maximum absolute atomic E-state index is 11.0. The van der Waals surface area contributed by atoms with Gasteiger partial charge in [0.2, 0.25) is 0 Å². The first-order chi connectivity index (χ1) is 8.43. The molecule has 0 aromatic rings. The summed E-state index contributed by atoms with van der Waals surface area (Å²) < 4.78 is 4.22. The summed E-state index contributed by atoms with van der Waals surface area (Å²) in [5.74, 6) is -0.887. The maximum atomic E-state index is 11.0. The fraction of sp³-hybridized carbons (Fsp3) is 0.692. The normalized spacial score (nSPS) is 11.9. The Bertz CT molecular complexity index is 351. The van der Waals surface area contributed by atoms with Crippen molar-refractivity contribution in [2.45, 2.75) is 53.6 Å². The summed E-state index contributed by atoms with van der Waals surface area (Å²) >= 11 is 0. The van der Waals surface area contributed by atoms with E-state index in [1.54, 1.807) is 13.8 Å². The van der Waals surface area contributed by atoms with E-state index in [2.05, 4.69) is 21.2 Å². The third-order valence-corrected chi connectivity index (χ3v) is 1.84. The number of rotatable bonds is 5. The van der Waals surface area contributed by atoms with Crippen molar-refractivity contribution >= 4 is 12.1 Å². The molecule has 0 aliphatic heterocycles. The zero-order chi connectivity index (χ0) is 15.3. The summed E-state index contributed by atoms with van der Waals surface area (Å²) in [6, 6.07) is 0. The Morgan fingerprint density at radius 3 is 2.05 bits per heavy atom. The number of ether oxygens (including phenoxy) is 1. The molecular formula is C13H22O6.